The van der Waals surface area contributed by atoms with Crippen molar-refractivity contribution in [2.45, 2.75) is 25.4 Å². The molecule has 0 aliphatic carbocycles. The first-order chi connectivity index (χ1) is 7.08. The molecule has 1 fully saturated rings. The maximum absolute atomic E-state index is 3.60. The van der Waals surface area contributed by atoms with E-state index in [1.165, 1.54) is 5.56 Å². The Morgan fingerprint density at radius 3 is 2.53 bits per heavy atom. The molecule has 1 saturated heterocycles. The summed E-state index contributed by atoms with van der Waals surface area (Å²) in [5.41, 5.74) is 1.64. The van der Waals surface area contributed by atoms with Crippen LogP contribution < -0.4 is 5.32 Å². The number of nitrogens with zero attached hydrogens (tertiary/aromatic N) is 1. The highest BCUT2D eigenvalue weighted by Gasteiger charge is 2.30. The normalized spacial score (nSPS) is 26.5. The predicted octanol–water partition coefficient (Wildman–Crippen LogP) is 2.04. The van der Waals surface area contributed by atoms with Crippen molar-refractivity contribution in [2.24, 2.45) is 0 Å². The fourth-order valence-electron chi connectivity index (χ4n) is 2.37. The fourth-order valence-corrected chi connectivity index (χ4v) is 2.37. The van der Waals surface area contributed by atoms with Gasteiger partial charge in [-0.25, -0.2) is 0 Å². The number of benzene rings is 1. The minimum absolute atomic E-state index is 0.236. The monoisotopic (exact) mass is 204 g/mol. The minimum Gasteiger partial charge on any atom is -0.309 e. The van der Waals surface area contributed by atoms with Crippen LogP contribution in [-0.2, 0) is 0 Å². The van der Waals surface area contributed by atoms with Gasteiger partial charge in [0.25, 0.3) is 0 Å². The molecule has 0 radical (unpaired) electrons. The minimum atomic E-state index is 0.236. The lowest BCUT2D eigenvalue weighted by atomic mass is 9.96. The van der Waals surface area contributed by atoms with Crippen LogP contribution in [0.3, 0.4) is 0 Å². The van der Waals surface area contributed by atoms with Crippen LogP contribution >= 0.6 is 0 Å². The lowest BCUT2D eigenvalue weighted by Crippen LogP contribution is -2.56. The van der Waals surface area contributed by atoms with Crippen molar-refractivity contribution < 1.29 is 0 Å². The molecule has 1 heterocycles. The van der Waals surface area contributed by atoms with Gasteiger partial charge in [0.2, 0.25) is 0 Å². The van der Waals surface area contributed by atoms with Gasteiger partial charge in [0, 0.05) is 24.7 Å². The standard InChI is InChI=1S/C13H20N2/c1-13(2)10-15(3)12(9-14-13)11-7-5-4-6-8-11/h4-8,12,14H,9-10H2,1-3H3. The Labute approximate surface area is 92.3 Å². The second-order valence-corrected chi connectivity index (χ2v) is 5.11. The lowest BCUT2D eigenvalue weighted by Gasteiger charge is -2.43. The molecule has 0 aromatic heterocycles. The summed E-state index contributed by atoms with van der Waals surface area (Å²) in [5.74, 6) is 0. The van der Waals surface area contributed by atoms with Gasteiger partial charge in [-0.3, -0.25) is 4.90 Å². The largest absolute Gasteiger partial charge is 0.309 e. The second kappa shape index (κ2) is 3.95. The maximum atomic E-state index is 3.60. The van der Waals surface area contributed by atoms with Crippen molar-refractivity contribution in [3.8, 4) is 0 Å². The van der Waals surface area contributed by atoms with Gasteiger partial charge in [0.15, 0.2) is 0 Å². The Morgan fingerprint density at radius 1 is 1.27 bits per heavy atom. The zero-order valence-corrected chi connectivity index (χ0v) is 9.83. The van der Waals surface area contributed by atoms with E-state index in [9.17, 15) is 0 Å². The first-order valence-corrected chi connectivity index (χ1v) is 5.59. The third-order valence-corrected chi connectivity index (χ3v) is 3.14. The van der Waals surface area contributed by atoms with Crippen molar-refractivity contribution in [1.82, 2.24) is 10.2 Å². The van der Waals surface area contributed by atoms with Gasteiger partial charge in [-0.2, -0.15) is 0 Å². The van der Waals surface area contributed by atoms with Gasteiger partial charge >= 0.3 is 0 Å². The zero-order valence-electron chi connectivity index (χ0n) is 9.83. The zero-order chi connectivity index (χ0) is 10.9. The third-order valence-electron chi connectivity index (χ3n) is 3.14. The van der Waals surface area contributed by atoms with Gasteiger partial charge < -0.3 is 5.32 Å². The molecule has 1 aromatic carbocycles. The molecule has 0 spiro atoms. The van der Waals surface area contributed by atoms with E-state index < -0.39 is 0 Å². The molecule has 0 amide bonds. The van der Waals surface area contributed by atoms with Gasteiger partial charge in [-0.15, -0.1) is 0 Å². The van der Waals surface area contributed by atoms with E-state index in [0.29, 0.717) is 6.04 Å². The van der Waals surface area contributed by atoms with E-state index in [1.54, 1.807) is 0 Å². The van der Waals surface area contributed by atoms with E-state index in [0.717, 1.165) is 13.1 Å². The summed E-state index contributed by atoms with van der Waals surface area (Å²) < 4.78 is 0. The lowest BCUT2D eigenvalue weighted by molar-refractivity contribution is 0.123. The summed E-state index contributed by atoms with van der Waals surface area (Å²) in [7, 11) is 2.21. The topological polar surface area (TPSA) is 15.3 Å². The van der Waals surface area contributed by atoms with Crippen LogP contribution in [0, 0.1) is 0 Å². The predicted molar refractivity (Wildman–Crippen MR) is 63.9 cm³/mol. The van der Waals surface area contributed by atoms with Crippen LogP contribution in [-0.4, -0.2) is 30.6 Å². The van der Waals surface area contributed by atoms with Crippen LogP contribution in [0.4, 0.5) is 0 Å². The van der Waals surface area contributed by atoms with Gasteiger partial charge in [0.1, 0.15) is 0 Å². The Balaban J connectivity index is 2.13. The summed E-state index contributed by atoms with van der Waals surface area (Å²) in [6, 6.07) is 11.2. The number of likely N-dealkylation sites (N-methyl/N-ethyl adjacent to an activating group) is 1. The molecule has 2 rings (SSSR count). The van der Waals surface area contributed by atoms with Gasteiger partial charge in [-0.1, -0.05) is 30.3 Å². The third kappa shape index (κ3) is 2.39. The van der Waals surface area contributed by atoms with Crippen LogP contribution in [0.1, 0.15) is 25.5 Å². The average Bonchev–Trinajstić information content (AvgIpc) is 2.17. The summed E-state index contributed by atoms with van der Waals surface area (Å²) in [6.07, 6.45) is 0. The fraction of sp³-hybridized carbons (Fsp3) is 0.538. The van der Waals surface area contributed by atoms with Gasteiger partial charge in [-0.05, 0) is 26.5 Å². The molecule has 1 unspecified atom stereocenters. The second-order valence-electron chi connectivity index (χ2n) is 5.11. The summed E-state index contributed by atoms with van der Waals surface area (Å²) in [5, 5.41) is 3.60. The maximum Gasteiger partial charge on any atom is 0.0470 e. The summed E-state index contributed by atoms with van der Waals surface area (Å²) in [6.45, 7) is 6.63. The van der Waals surface area contributed by atoms with E-state index >= 15 is 0 Å². The molecule has 1 aliphatic rings. The molecule has 1 aromatic rings. The number of nitrogens with one attached hydrogen (secondary N) is 1. The molecule has 2 heteroatoms. The Bertz CT molecular complexity index is 319. The van der Waals surface area contributed by atoms with E-state index in [1.807, 2.05) is 0 Å². The molecule has 1 N–H and O–H groups in total. The smallest absolute Gasteiger partial charge is 0.0470 e. The molecule has 0 bridgehead atoms. The van der Waals surface area contributed by atoms with Crippen molar-refractivity contribution in [3.05, 3.63) is 35.9 Å². The highest BCUT2D eigenvalue weighted by atomic mass is 15.2. The van der Waals surface area contributed by atoms with Crippen molar-refractivity contribution in [2.75, 3.05) is 20.1 Å². The van der Waals surface area contributed by atoms with Crippen LogP contribution in [0.25, 0.3) is 0 Å². The number of rotatable bonds is 1. The van der Waals surface area contributed by atoms with E-state index in [4.69, 9.17) is 0 Å². The van der Waals surface area contributed by atoms with E-state index in [2.05, 4.69) is 61.4 Å². The van der Waals surface area contributed by atoms with Crippen molar-refractivity contribution in [1.29, 1.82) is 0 Å². The highest BCUT2D eigenvalue weighted by molar-refractivity contribution is 5.20. The van der Waals surface area contributed by atoms with Crippen molar-refractivity contribution in [3.63, 3.8) is 0 Å². The molecule has 0 saturated carbocycles. The molecule has 2 nitrogen and oxygen atoms in total. The van der Waals surface area contributed by atoms with Crippen LogP contribution in [0.2, 0.25) is 0 Å². The Hall–Kier alpha value is -0.860. The number of hydrogen-bond donors (Lipinski definition) is 1. The molecule has 1 aliphatic heterocycles. The first kappa shape index (κ1) is 10.7. The van der Waals surface area contributed by atoms with E-state index in [-0.39, 0.29) is 5.54 Å². The Kier molecular flexibility index (Phi) is 2.81. The van der Waals surface area contributed by atoms with Gasteiger partial charge in [0.05, 0.1) is 0 Å². The summed E-state index contributed by atoms with van der Waals surface area (Å²) >= 11 is 0. The average molecular weight is 204 g/mol. The van der Waals surface area contributed by atoms with Crippen LogP contribution in [0.5, 0.6) is 0 Å². The molecule has 15 heavy (non-hydrogen) atoms. The molecular formula is C13H20N2. The first-order valence-electron chi connectivity index (χ1n) is 5.59. The molecule has 1 atom stereocenters. The SMILES string of the molecule is CN1CC(C)(C)NCC1c1ccccc1. The Morgan fingerprint density at radius 2 is 1.93 bits per heavy atom. The summed E-state index contributed by atoms with van der Waals surface area (Å²) in [4.78, 5) is 2.44. The van der Waals surface area contributed by atoms with Crippen molar-refractivity contribution >= 4 is 0 Å². The molecule has 82 valence electrons. The molecular weight excluding hydrogens is 184 g/mol. The highest BCUT2D eigenvalue weighted by Crippen LogP contribution is 2.24. The number of hydrogen-bond acceptors (Lipinski definition) is 2. The quantitative estimate of drug-likeness (QED) is 0.753. The van der Waals surface area contributed by atoms with Crippen LogP contribution in [0.15, 0.2) is 30.3 Å². The number of piperazine rings is 1.